The maximum Gasteiger partial charge on any atom is 0.161 e. The van der Waals surface area contributed by atoms with E-state index in [1.54, 1.807) is 6.07 Å². The molecule has 1 aromatic rings. The Morgan fingerprint density at radius 3 is 2.57 bits per heavy atom. The summed E-state index contributed by atoms with van der Waals surface area (Å²) in [5.41, 5.74) is 0.889. The van der Waals surface area contributed by atoms with Gasteiger partial charge in [0.2, 0.25) is 0 Å². The van der Waals surface area contributed by atoms with Gasteiger partial charge in [0.15, 0.2) is 6.29 Å². The van der Waals surface area contributed by atoms with Crippen LogP contribution in [0.2, 0.25) is 0 Å². The highest BCUT2D eigenvalue weighted by Gasteiger charge is 1.86. The molecule has 0 bridgehead atoms. The number of hydrogen-bond donors (Lipinski definition) is 0. The van der Waals surface area contributed by atoms with E-state index in [1.807, 2.05) is 30.3 Å². The van der Waals surface area contributed by atoms with E-state index in [4.69, 9.17) is 5.26 Å². The zero-order valence-corrected chi connectivity index (χ0v) is 7.40. The maximum absolute atomic E-state index is 10.2. The van der Waals surface area contributed by atoms with Gasteiger partial charge >= 0.3 is 0 Å². The fraction of sp³-hybridized carbons (Fsp3) is 0. The summed E-state index contributed by atoms with van der Waals surface area (Å²) in [4.78, 5) is 10.2. The average Bonchev–Trinajstić information content (AvgIpc) is 2.26. The topological polar surface area (TPSA) is 40.9 Å². The first-order chi connectivity index (χ1) is 6.86. The van der Waals surface area contributed by atoms with Crippen LogP contribution in [-0.2, 0) is 4.79 Å². The third-order valence-electron chi connectivity index (χ3n) is 1.47. The molecule has 0 aromatic heterocycles. The van der Waals surface area contributed by atoms with Crippen LogP contribution in [0.5, 0.6) is 0 Å². The third-order valence-corrected chi connectivity index (χ3v) is 1.47. The highest BCUT2D eigenvalue weighted by molar-refractivity contribution is 5.79. The number of carbonyl (C=O) groups is 1. The van der Waals surface area contributed by atoms with Crippen molar-refractivity contribution in [2.24, 2.45) is 0 Å². The van der Waals surface area contributed by atoms with E-state index in [-0.39, 0.29) is 5.57 Å². The summed E-state index contributed by atoms with van der Waals surface area (Å²) in [5, 5.41) is 8.41. The van der Waals surface area contributed by atoms with Gasteiger partial charge in [-0.2, -0.15) is 5.26 Å². The van der Waals surface area contributed by atoms with E-state index in [0.717, 1.165) is 5.56 Å². The highest BCUT2D eigenvalue weighted by Crippen LogP contribution is 1.94. The van der Waals surface area contributed by atoms with E-state index in [0.29, 0.717) is 6.29 Å². The summed E-state index contributed by atoms with van der Waals surface area (Å²) >= 11 is 0. The van der Waals surface area contributed by atoms with Crippen molar-refractivity contribution in [2.75, 3.05) is 0 Å². The number of nitriles is 1. The van der Waals surface area contributed by atoms with Crippen molar-refractivity contribution in [1.82, 2.24) is 0 Å². The van der Waals surface area contributed by atoms with Gasteiger partial charge in [-0.05, 0) is 12.1 Å². The molecule has 0 saturated carbocycles. The van der Waals surface area contributed by atoms with E-state index in [9.17, 15) is 4.79 Å². The van der Waals surface area contributed by atoms with Gasteiger partial charge in [-0.15, -0.1) is 0 Å². The Hall–Kier alpha value is -2.32. The van der Waals surface area contributed by atoms with Crippen LogP contribution < -0.4 is 0 Å². The molecular formula is C12H7NO. The molecule has 0 amide bonds. The largest absolute Gasteiger partial charge is 0.297 e. The minimum atomic E-state index is 0.0356. The van der Waals surface area contributed by atoms with Crippen molar-refractivity contribution in [2.45, 2.75) is 0 Å². The van der Waals surface area contributed by atoms with Gasteiger partial charge in [-0.3, -0.25) is 4.79 Å². The molecular weight excluding hydrogens is 174 g/mol. The minimum Gasteiger partial charge on any atom is -0.297 e. The number of allylic oxidation sites excluding steroid dienone is 2. The Balaban J connectivity index is 2.81. The van der Waals surface area contributed by atoms with E-state index in [1.165, 1.54) is 6.08 Å². The van der Waals surface area contributed by atoms with Gasteiger partial charge < -0.3 is 0 Å². The molecule has 14 heavy (non-hydrogen) atoms. The zero-order chi connectivity index (χ0) is 10.2. The van der Waals surface area contributed by atoms with Crippen LogP contribution in [0.4, 0.5) is 0 Å². The minimum absolute atomic E-state index is 0.0356. The summed E-state index contributed by atoms with van der Waals surface area (Å²) in [6.07, 6.45) is 1.79. The van der Waals surface area contributed by atoms with E-state index < -0.39 is 0 Å². The lowest BCUT2D eigenvalue weighted by Crippen LogP contribution is -1.76. The predicted octanol–water partition coefficient (Wildman–Crippen LogP) is 1.69. The second-order valence-electron chi connectivity index (χ2n) is 2.46. The summed E-state index contributed by atoms with van der Waals surface area (Å²) in [5.74, 6) is 5.45. The van der Waals surface area contributed by atoms with Crippen LogP contribution in [-0.4, -0.2) is 6.29 Å². The molecule has 0 heterocycles. The van der Waals surface area contributed by atoms with Crippen molar-refractivity contribution in [1.29, 1.82) is 5.26 Å². The molecule has 2 nitrogen and oxygen atoms in total. The van der Waals surface area contributed by atoms with Crippen molar-refractivity contribution < 1.29 is 4.79 Å². The van der Waals surface area contributed by atoms with Crippen molar-refractivity contribution in [3.63, 3.8) is 0 Å². The van der Waals surface area contributed by atoms with Gasteiger partial charge in [-0.1, -0.05) is 30.0 Å². The molecule has 0 aliphatic carbocycles. The van der Waals surface area contributed by atoms with Crippen LogP contribution in [0.1, 0.15) is 5.56 Å². The Morgan fingerprint density at radius 1 is 1.29 bits per heavy atom. The van der Waals surface area contributed by atoms with Crippen LogP contribution in [0.15, 0.2) is 42.0 Å². The molecule has 0 aliphatic heterocycles. The molecule has 1 rings (SSSR count). The van der Waals surface area contributed by atoms with Crippen molar-refractivity contribution >= 4 is 6.29 Å². The summed E-state index contributed by atoms with van der Waals surface area (Å²) < 4.78 is 0. The number of benzene rings is 1. The van der Waals surface area contributed by atoms with Crippen molar-refractivity contribution in [3.8, 4) is 17.9 Å². The molecule has 0 saturated heterocycles. The number of nitrogens with zero attached hydrogens (tertiary/aromatic N) is 1. The molecule has 0 N–H and O–H groups in total. The highest BCUT2D eigenvalue weighted by atomic mass is 16.1. The quantitative estimate of drug-likeness (QED) is 0.286. The fourth-order valence-electron chi connectivity index (χ4n) is 0.811. The van der Waals surface area contributed by atoms with Crippen LogP contribution in [0.3, 0.4) is 0 Å². The Labute approximate surface area is 82.5 Å². The molecule has 2 heteroatoms. The van der Waals surface area contributed by atoms with Gasteiger partial charge in [0.1, 0.15) is 11.6 Å². The SMILES string of the molecule is N#C/C(C=O)=C\C#Cc1ccccc1. The Kier molecular flexibility index (Phi) is 3.73. The predicted molar refractivity (Wildman–Crippen MR) is 53.1 cm³/mol. The molecule has 0 radical (unpaired) electrons. The Morgan fingerprint density at radius 2 is 2.00 bits per heavy atom. The lowest BCUT2D eigenvalue weighted by atomic mass is 10.2. The first-order valence-corrected chi connectivity index (χ1v) is 3.99. The second kappa shape index (κ2) is 5.35. The normalized spacial score (nSPS) is 9.50. The molecule has 1 aromatic carbocycles. The van der Waals surface area contributed by atoms with Crippen molar-refractivity contribution in [3.05, 3.63) is 47.5 Å². The van der Waals surface area contributed by atoms with Crippen LogP contribution >= 0.6 is 0 Å². The zero-order valence-electron chi connectivity index (χ0n) is 7.40. The number of carbonyl (C=O) groups excluding carboxylic acids is 1. The average molecular weight is 181 g/mol. The lowest BCUT2D eigenvalue weighted by Gasteiger charge is -1.84. The molecule has 0 unspecified atom stereocenters. The van der Waals surface area contributed by atoms with E-state index >= 15 is 0 Å². The monoisotopic (exact) mass is 181 g/mol. The number of hydrogen-bond acceptors (Lipinski definition) is 2. The molecule has 66 valence electrons. The molecule has 0 atom stereocenters. The van der Waals surface area contributed by atoms with Crippen LogP contribution in [0.25, 0.3) is 0 Å². The first-order valence-electron chi connectivity index (χ1n) is 3.99. The van der Waals surface area contributed by atoms with Gasteiger partial charge in [-0.25, -0.2) is 0 Å². The second-order valence-corrected chi connectivity index (χ2v) is 2.46. The number of rotatable bonds is 1. The first kappa shape index (κ1) is 9.77. The molecule has 0 aliphatic rings. The molecule has 0 fully saturated rings. The van der Waals surface area contributed by atoms with Crippen LogP contribution in [0, 0.1) is 23.2 Å². The maximum atomic E-state index is 10.2. The van der Waals surface area contributed by atoms with Gasteiger partial charge in [0.25, 0.3) is 0 Å². The van der Waals surface area contributed by atoms with E-state index in [2.05, 4.69) is 11.8 Å². The fourth-order valence-corrected chi connectivity index (χ4v) is 0.811. The Bertz CT molecular complexity index is 441. The summed E-state index contributed by atoms with van der Waals surface area (Å²) in [6, 6.07) is 11.1. The third kappa shape index (κ3) is 2.97. The standard InChI is InChI=1S/C12H7NO/c13-9-12(10-14)8-4-7-11-5-2-1-3-6-11/h1-3,5-6,8,10H/b12-8+. The summed E-state index contributed by atoms with van der Waals surface area (Å²) in [7, 11) is 0. The smallest absolute Gasteiger partial charge is 0.161 e. The lowest BCUT2D eigenvalue weighted by molar-refractivity contribution is -0.104. The van der Waals surface area contributed by atoms with Gasteiger partial charge in [0, 0.05) is 11.6 Å². The molecule has 0 spiro atoms. The number of aldehydes is 1. The van der Waals surface area contributed by atoms with Gasteiger partial charge in [0.05, 0.1) is 0 Å². The summed E-state index contributed by atoms with van der Waals surface area (Å²) in [6.45, 7) is 0.